The summed E-state index contributed by atoms with van der Waals surface area (Å²) in [6.07, 6.45) is 2.78. The summed E-state index contributed by atoms with van der Waals surface area (Å²) in [5.74, 6) is -1.35. The SMILES string of the molecule is O=C(O)[C@@H]1C[C@H]([C@@H]2CCCNC2)CNC1=O. The van der Waals surface area contributed by atoms with E-state index in [1.165, 1.54) is 0 Å². The molecule has 16 heavy (non-hydrogen) atoms. The Kier molecular flexibility index (Phi) is 3.43. The van der Waals surface area contributed by atoms with E-state index in [-0.39, 0.29) is 5.91 Å². The summed E-state index contributed by atoms with van der Waals surface area (Å²) in [4.78, 5) is 22.3. The predicted molar refractivity (Wildman–Crippen MR) is 57.8 cm³/mol. The lowest BCUT2D eigenvalue weighted by Gasteiger charge is -2.35. The first kappa shape index (κ1) is 11.4. The van der Waals surface area contributed by atoms with Crippen LogP contribution in [0.1, 0.15) is 19.3 Å². The highest BCUT2D eigenvalue weighted by Crippen LogP contribution is 2.28. The fourth-order valence-electron chi connectivity index (χ4n) is 2.70. The highest BCUT2D eigenvalue weighted by atomic mass is 16.4. The van der Waals surface area contributed by atoms with Crippen molar-refractivity contribution in [3.8, 4) is 0 Å². The molecule has 0 unspecified atom stereocenters. The standard InChI is InChI=1S/C11H18N2O3/c14-10-9(11(15)16)4-8(6-13-10)7-2-1-3-12-5-7/h7-9,12H,1-6H2,(H,13,14)(H,15,16)/t7-,8+,9-/m1/s1. The molecule has 3 N–H and O–H groups in total. The van der Waals surface area contributed by atoms with Crippen molar-refractivity contribution in [2.45, 2.75) is 19.3 Å². The second-order valence-corrected chi connectivity index (χ2v) is 4.74. The van der Waals surface area contributed by atoms with Gasteiger partial charge in [0.15, 0.2) is 0 Å². The zero-order valence-corrected chi connectivity index (χ0v) is 9.24. The largest absolute Gasteiger partial charge is 0.481 e. The number of aliphatic carboxylic acids is 1. The number of carbonyl (C=O) groups is 2. The van der Waals surface area contributed by atoms with Crippen LogP contribution in [0.5, 0.6) is 0 Å². The van der Waals surface area contributed by atoms with Crippen LogP contribution in [0, 0.1) is 17.8 Å². The number of rotatable bonds is 2. The minimum atomic E-state index is -0.994. The molecule has 2 aliphatic heterocycles. The molecule has 90 valence electrons. The second kappa shape index (κ2) is 4.82. The molecule has 0 aromatic heterocycles. The van der Waals surface area contributed by atoms with E-state index in [0.29, 0.717) is 24.8 Å². The van der Waals surface area contributed by atoms with E-state index in [9.17, 15) is 9.59 Å². The molecule has 0 bridgehead atoms. The molecule has 2 saturated heterocycles. The van der Waals surface area contributed by atoms with Crippen molar-refractivity contribution in [1.29, 1.82) is 0 Å². The average Bonchev–Trinajstić information content (AvgIpc) is 2.30. The third kappa shape index (κ3) is 2.35. The molecule has 0 aromatic rings. The third-order valence-corrected chi connectivity index (χ3v) is 3.69. The molecule has 2 heterocycles. The second-order valence-electron chi connectivity index (χ2n) is 4.74. The van der Waals surface area contributed by atoms with E-state index in [1.807, 2.05) is 0 Å². The van der Waals surface area contributed by atoms with Gasteiger partial charge in [0.25, 0.3) is 0 Å². The molecule has 0 aliphatic carbocycles. The summed E-state index contributed by atoms with van der Waals surface area (Å²) in [5, 5.41) is 15.0. The van der Waals surface area contributed by atoms with Gasteiger partial charge < -0.3 is 15.7 Å². The zero-order chi connectivity index (χ0) is 11.5. The van der Waals surface area contributed by atoms with Crippen LogP contribution in [0.4, 0.5) is 0 Å². The third-order valence-electron chi connectivity index (χ3n) is 3.69. The number of hydrogen-bond donors (Lipinski definition) is 3. The summed E-state index contributed by atoms with van der Waals surface area (Å²) < 4.78 is 0. The molecule has 2 rings (SSSR count). The van der Waals surface area contributed by atoms with Crippen molar-refractivity contribution in [3.05, 3.63) is 0 Å². The maximum Gasteiger partial charge on any atom is 0.316 e. The Morgan fingerprint density at radius 2 is 2.12 bits per heavy atom. The van der Waals surface area contributed by atoms with Gasteiger partial charge in [0.1, 0.15) is 5.92 Å². The molecule has 0 saturated carbocycles. The number of carboxylic acid groups (broad SMARTS) is 1. The Morgan fingerprint density at radius 3 is 2.75 bits per heavy atom. The maximum atomic E-state index is 11.4. The summed E-state index contributed by atoms with van der Waals surface area (Å²) in [7, 11) is 0. The molecule has 5 nitrogen and oxygen atoms in total. The van der Waals surface area contributed by atoms with Crippen LogP contribution in [0.2, 0.25) is 0 Å². The molecular formula is C11H18N2O3. The lowest BCUT2D eigenvalue weighted by atomic mass is 9.78. The average molecular weight is 226 g/mol. The first-order valence-corrected chi connectivity index (χ1v) is 5.89. The molecule has 5 heteroatoms. The van der Waals surface area contributed by atoms with Gasteiger partial charge in [0.2, 0.25) is 5.91 Å². The fraction of sp³-hybridized carbons (Fsp3) is 0.818. The number of hydrogen-bond acceptors (Lipinski definition) is 3. The summed E-state index contributed by atoms with van der Waals surface area (Å²) in [6, 6.07) is 0. The molecule has 0 aromatic carbocycles. The lowest BCUT2D eigenvalue weighted by Crippen LogP contribution is -2.49. The van der Waals surface area contributed by atoms with Crippen LogP contribution in [0.15, 0.2) is 0 Å². The number of carbonyl (C=O) groups excluding carboxylic acids is 1. The van der Waals surface area contributed by atoms with Crippen molar-refractivity contribution in [2.75, 3.05) is 19.6 Å². The predicted octanol–water partition coefficient (Wildman–Crippen LogP) is -0.177. The normalized spacial score (nSPS) is 35.5. The molecule has 1 amide bonds. The first-order valence-electron chi connectivity index (χ1n) is 5.89. The van der Waals surface area contributed by atoms with Gasteiger partial charge in [-0.3, -0.25) is 9.59 Å². The van der Waals surface area contributed by atoms with E-state index in [1.54, 1.807) is 0 Å². The Balaban J connectivity index is 1.96. The summed E-state index contributed by atoms with van der Waals surface area (Å²) in [5.41, 5.74) is 0. The van der Waals surface area contributed by atoms with E-state index in [4.69, 9.17) is 5.11 Å². The summed E-state index contributed by atoms with van der Waals surface area (Å²) in [6.45, 7) is 2.64. The van der Waals surface area contributed by atoms with Gasteiger partial charge >= 0.3 is 5.97 Å². The van der Waals surface area contributed by atoms with E-state index in [2.05, 4.69) is 10.6 Å². The molecular weight excluding hydrogens is 208 g/mol. The summed E-state index contributed by atoms with van der Waals surface area (Å²) >= 11 is 0. The van der Waals surface area contributed by atoms with Crippen LogP contribution in [0.3, 0.4) is 0 Å². The van der Waals surface area contributed by atoms with Gasteiger partial charge in [-0.1, -0.05) is 0 Å². The van der Waals surface area contributed by atoms with Crippen molar-refractivity contribution in [1.82, 2.24) is 10.6 Å². The topological polar surface area (TPSA) is 78.4 Å². The minimum Gasteiger partial charge on any atom is -0.481 e. The lowest BCUT2D eigenvalue weighted by molar-refractivity contribution is -0.149. The maximum absolute atomic E-state index is 11.4. The van der Waals surface area contributed by atoms with E-state index < -0.39 is 11.9 Å². The van der Waals surface area contributed by atoms with Gasteiger partial charge in [0.05, 0.1) is 0 Å². The van der Waals surface area contributed by atoms with E-state index in [0.717, 1.165) is 25.9 Å². The molecule has 0 radical (unpaired) electrons. The van der Waals surface area contributed by atoms with Crippen LogP contribution >= 0.6 is 0 Å². The number of piperidine rings is 2. The number of carboxylic acids is 1. The highest BCUT2D eigenvalue weighted by molar-refractivity contribution is 5.97. The van der Waals surface area contributed by atoms with Crippen LogP contribution in [-0.2, 0) is 9.59 Å². The smallest absolute Gasteiger partial charge is 0.316 e. The molecule has 2 aliphatic rings. The monoisotopic (exact) mass is 226 g/mol. The molecule has 0 spiro atoms. The van der Waals surface area contributed by atoms with Gasteiger partial charge in [-0.05, 0) is 44.2 Å². The Labute approximate surface area is 94.6 Å². The van der Waals surface area contributed by atoms with Crippen molar-refractivity contribution in [3.63, 3.8) is 0 Å². The fourth-order valence-corrected chi connectivity index (χ4v) is 2.70. The van der Waals surface area contributed by atoms with Gasteiger partial charge in [-0.15, -0.1) is 0 Å². The Morgan fingerprint density at radius 1 is 1.31 bits per heavy atom. The molecule has 3 atom stereocenters. The highest BCUT2D eigenvalue weighted by Gasteiger charge is 2.37. The number of amides is 1. The molecule has 2 fully saturated rings. The van der Waals surface area contributed by atoms with E-state index >= 15 is 0 Å². The van der Waals surface area contributed by atoms with Crippen molar-refractivity contribution in [2.24, 2.45) is 17.8 Å². The Bertz CT molecular complexity index is 287. The van der Waals surface area contributed by atoms with Crippen molar-refractivity contribution >= 4 is 11.9 Å². The first-order chi connectivity index (χ1) is 7.68. The minimum absolute atomic E-state index is 0.312. The van der Waals surface area contributed by atoms with Crippen molar-refractivity contribution < 1.29 is 14.7 Å². The Hall–Kier alpha value is -1.10. The van der Waals surface area contributed by atoms with Crippen LogP contribution < -0.4 is 10.6 Å². The van der Waals surface area contributed by atoms with Crippen LogP contribution in [-0.4, -0.2) is 36.6 Å². The zero-order valence-electron chi connectivity index (χ0n) is 9.24. The van der Waals surface area contributed by atoms with Gasteiger partial charge in [-0.25, -0.2) is 0 Å². The van der Waals surface area contributed by atoms with Gasteiger partial charge in [-0.2, -0.15) is 0 Å². The quantitative estimate of drug-likeness (QED) is 0.571. The van der Waals surface area contributed by atoms with Gasteiger partial charge in [0, 0.05) is 6.54 Å². The number of nitrogens with one attached hydrogen (secondary N) is 2. The van der Waals surface area contributed by atoms with Crippen LogP contribution in [0.25, 0.3) is 0 Å².